The molecule has 0 saturated carbocycles. The minimum atomic E-state index is 0.124. The molecule has 1 atom stereocenters. The fraction of sp³-hybridized carbons (Fsp3) is 0.444. The number of nitrogens with zero attached hydrogens (tertiary/aromatic N) is 2. The average Bonchev–Trinajstić information content (AvgIpc) is 2.54. The minimum Gasteiger partial charge on any atom is -0.340 e. The Morgan fingerprint density at radius 1 is 1.85 bits per heavy atom. The number of aryl methyl sites for hydroxylation is 1. The lowest BCUT2D eigenvalue weighted by atomic mass is 10.1. The quantitative estimate of drug-likeness (QED) is 0.402. The number of hydrogen-bond donors (Lipinski definition) is 2. The Balaban J connectivity index is 2.60. The molecule has 0 saturated heterocycles. The van der Waals surface area contributed by atoms with E-state index >= 15 is 0 Å². The van der Waals surface area contributed by atoms with Gasteiger partial charge in [-0.25, -0.2) is 4.98 Å². The van der Waals surface area contributed by atoms with Crippen LogP contribution in [0.4, 0.5) is 0 Å². The van der Waals surface area contributed by atoms with Crippen LogP contribution in [-0.4, -0.2) is 9.55 Å². The first-order valence-electron chi connectivity index (χ1n) is 4.32. The van der Waals surface area contributed by atoms with Crippen molar-refractivity contribution in [3.63, 3.8) is 0 Å². The van der Waals surface area contributed by atoms with Crippen molar-refractivity contribution in [1.82, 2.24) is 15.0 Å². The summed E-state index contributed by atoms with van der Waals surface area (Å²) in [6.07, 6.45) is 7.48. The third-order valence-electron chi connectivity index (χ3n) is 1.94. The lowest BCUT2D eigenvalue weighted by molar-refractivity contribution is 0.510. The van der Waals surface area contributed by atoms with Crippen LogP contribution >= 0.6 is 0 Å². The zero-order valence-electron chi connectivity index (χ0n) is 7.90. The lowest BCUT2D eigenvalue weighted by Gasteiger charge is -2.11. The molecular weight excluding hydrogens is 164 g/mol. The highest BCUT2D eigenvalue weighted by Crippen LogP contribution is 2.14. The molecule has 1 aromatic heterocycles. The zero-order valence-corrected chi connectivity index (χ0v) is 7.90. The van der Waals surface area contributed by atoms with Crippen LogP contribution in [0.25, 0.3) is 0 Å². The molecule has 1 aromatic rings. The van der Waals surface area contributed by atoms with E-state index < -0.39 is 0 Å². The van der Waals surface area contributed by atoms with Gasteiger partial charge in [-0.15, -0.1) is 6.58 Å². The second kappa shape index (κ2) is 4.79. The van der Waals surface area contributed by atoms with Crippen LogP contribution in [0.1, 0.15) is 24.6 Å². The van der Waals surface area contributed by atoms with E-state index in [1.807, 2.05) is 23.9 Å². The fourth-order valence-electron chi connectivity index (χ4n) is 1.21. The van der Waals surface area contributed by atoms with Gasteiger partial charge in [-0.3, -0.25) is 11.3 Å². The summed E-state index contributed by atoms with van der Waals surface area (Å²) in [5.41, 5.74) is 3.72. The molecule has 1 unspecified atom stereocenters. The summed E-state index contributed by atoms with van der Waals surface area (Å²) in [7, 11) is 1.94. The SMILES string of the molecule is C=CCCC(NN)c1cn(C)cn1. The molecule has 4 nitrogen and oxygen atoms in total. The summed E-state index contributed by atoms with van der Waals surface area (Å²) in [6, 6.07) is 0.124. The van der Waals surface area contributed by atoms with Gasteiger partial charge in [0.2, 0.25) is 0 Å². The van der Waals surface area contributed by atoms with Gasteiger partial charge < -0.3 is 4.57 Å². The van der Waals surface area contributed by atoms with Gasteiger partial charge in [0.05, 0.1) is 18.1 Å². The van der Waals surface area contributed by atoms with Crippen LogP contribution < -0.4 is 11.3 Å². The average molecular weight is 180 g/mol. The van der Waals surface area contributed by atoms with Gasteiger partial charge in [0, 0.05) is 13.2 Å². The van der Waals surface area contributed by atoms with E-state index in [0.717, 1.165) is 18.5 Å². The first kappa shape index (κ1) is 9.95. The molecule has 0 radical (unpaired) electrons. The van der Waals surface area contributed by atoms with E-state index in [1.54, 1.807) is 6.33 Å². The summed E-state index contributed by atoms with van der Waals surface area (Å²) < 4.78 is 1.91. The fourth-order valence-corrected chi connectivity index (χ4v) is 1.21. The van der Waals surface area contributed by atoms with Gasteiger partial charge in [-0.05, 0) is 12.8 Å². The molecule has 4 heteroatoms. The zero-order chi connectivity index (χ0) is 9.68. The highest BCUT2D eigenvalue weighted by molar-refractivity contribution is 5.03. The van der Waals surface area contributed by atoms with Crippen LogP contribution in [0.2, 0.25) is 0 Å². The molecule has 0 spiro atoms. The Morgan fingerprint density at radius 3 is 3.08 bits per heavy atom. The van der Waals surface area contributed by atoms with Crippen molar-refractivity contribution >= 4 is 0 Å². The van der Waals surface area contributed by atoms with E-state index in [-0.39, 0.29) is 6.04 Å². The minimum absolute atomic E-state index is 0.124. The normalized spacial score (nSPS) is 12.8. The maximum Gasteiger partial charge on any atom is 0.0947 e. The Kier molecular flexibility index (Phi) is 3.67. The molecule has 0 aliphatic rings. The van der Waals surface area contributed by atoms with Crippen LogP contribution in [-0.2, 0) is 7.05 Å². The summed E-state index contributed by atoms with van der Waals surface area (Å²) in [5, 5.41) is 0. The van der Waals surface area contributed by atoms with Crippen molar-refractivity contribution in [2.24, 2.45) is 12.9 Å². The van der Waals surface area contributed by atoms with Gasteiger partial charge in [-0.1, -0.05) is 6.08 Å². The standard InChI is InChI=1S/C9H16N4/c1-3-4-5-8(12-10)9-6-13(2)7-11-9/h3,6-8,12H,1,4-5,10H2,2H3. The van der Waals surface area contributed by atoms with Gasteiger partial charge in [-0.2, -0.15) is 0 Å². The second-order valence-electron chi connectivity index (χ2n) is 3.05. The Labute approximate surface area is 78.4 Å². The monoisotopic (exact) mass is 180 g/mol. The van der Waals surface area contributed by atoms with Gasteiger partial charge in [0.1, 0.15) is 0 Å². The van der Waals surface area contributed by atoms with E-state index in [4.69, 9.17) is 5.84 Å². The lowest BCUT2D eigenvalue weighted by Crippen LogP contribution is -2.28. The van der Waals surface area contributed by atoms with Crippen LogP contribution in [0.3, 0.4) is 0 Å². The van der Waals surface area contributed by atoms with Gasteiger partial charge in [0.25, 0.3) is 0 Å². The molecule has 0 aliphatic carbocycles. The number of aromatic nitrogens is 2. The largest absolute Gasteiger partial charge is 0.340 e. The Bertz CT molecular complexity index is 266. The number of imidazole rings is 1. The summed E-state index contributed by atoms with van der Waals surface area (Å²) in [6.45, 7) is 3.67. The number of hydrazine groups is 1. The van der Waals surface area contributed by atoms with Crippen molar-refractivity contribution in [1.29, 1.82) is 0 Å². The highest BCUT2D eigenvalue weighted by Gasteiger charge is 2.10. The molecule has 1 rings (SSSR count). The number of nitrogens with two attached hydrogens (primary N) is 1. The van der Waals surface area contributed by atoms with Crippen LogP contribution in [0.5, 0.6) is 0 Å². The third kappa shape index (κ3) is 2.68. The van der Waals surface area contributed by atoms with E-state index in [9.17, 15) is 0 Å². The molecule has 0 aromatic carbocycles. The van der Waals surface area contributed by atoms with E-state index in [1.165, 1.54) is 0 Å². The van der Waals surface area contributed by atoms with Gasteiger partial charge >= 0.3 is 0 Å². The van der Waals surface area contributed by atoms with Crippen molar-refractivity contribution in [3.8, 4) is 0 Å². The number of allylic oxidation sites excluding steroid dienone is 1. The summed E-state index contributed by atoms with van der Waals surface area (Å²) in [4.78, 5) is 4.23. The summed E-state index contributed by atoms with van der Waals surface area (Å²) >= 11 is 0. The molecule has 13 heavy (non-hydrogen) atoms. The van der Waals surface area contributed by atoms with Gasteiger partial charge in [0.15, 0.2) is 0 Å². The smallest absolute Gasteiger partial charge is 0.0947 e. The molecule has 72 valence electrons. The molecular formula is C9H16N4. The number of rotatable bonds is 5. The molecule has 1 heterocycles. The molecule has 3 N–H and O–H groups in total. The van der Waals surface area contributed by atoms with Crippen molar-refractivity contribution < 1.29 is 0 Å². The van der Waals surface area contributed by atoms with Crippen molar-refractivity contribution in [3.05, 3.63) is 30.9 Å². The summed E-state index contributed by atoms with van der Waals surface area (Å²) in [5.74, 6) is 5.42. The topological polar surface area (TPSA) is 55.9 Å². The Hall–Kier alpha value is -1.13. The predicted octanol–water partition coefficient (Wildman–Crippen LogP) is 0.891. The first-order valence-corrected chi connectivity index (χ1v) is 4.32. The van der Waals surface area contributed by atoms with Crippen molar-refractivity contribution in [2.45, 2.75) is 18.9 Å². The second-order valence-corrected chi connectivity index (χ2v) is 3.05. The van der Waals surface area contributed by atoms with Crippen LogP contribution in [0, 0.1) is 0 Å². The third-order valence-corrected chi connectivity index (χ3v) is 1.94. The van der Waals surface area contributed by atoms with Crippen molar-refractivity contribution in [2.75, 3.05) is 0 Å². The predicted molar refractivity (Wildman–Crippen MR) is 52.7 cm³/mol. The molecule has 0 amide bonds. The van der Waals surface area contributed by atoms with E-state index in [2.05, 4.69) is 17.0 Å². The number of nitrogens with one attached hydrogen (secondary N) is 1. The maximum absolute atomic E-state index is 5.42. The first-order chi connectivity index (χ1) is 6.27. The van der Waals surface area contributed by atoms with E-state index in [0.29, 0.717) is 0 Å². The highest BCUT2D eigenvalue weighted by atomic mass is 15.2. The van der Waals surface area contributed by atoms with Crippen LogP contribution in [0.15, 0.2) is 25.2 Å². The Morgan fingerprint density at radius 2 is 2.62 bits per heavy atom. The number of hydrogen-bond acceptors (Lipinski definition) is 3. The molecule has 0 fully saturated rings. The molecule has 0 bridgehead atoms. The molecule has 0 aliphatic heterocycles. The maximum atomic E-state index is 5.42.